The third-order valence-electron chi connectivity index (χ3n) is 5.38. The maximum atomic E-state index is 12.4. The number of nitrogens with zero attached hydrogens (tertiary/aromatic N) is 4. The van der Waals surface area contributed by atoms with Crippen LogP contribution in [0.1, 0.15) is 16.7 Å². The van der Waals surface area contributed by atoms with E-state index in [4.69, 9.17) is 0 Å². The van der Waals surface area contributed by atoms with E-state index in [1.54, 1.807) is 20.2 Å². The number of sulfonamides is 1. The lowest BCUT2D eigenvalue weighted by Gasteiger charge is -2.21. The molecule has 0 unspecified atom stereocenters. The molecule has 0 spiro atoms. The molecule has 2 aromatic carbocycles. The van der Waals surface area contributed by atoms with Crippen LogP contribution in [-0.4, -0.2) is 42.9 Å². The van der Waals surface area contributed by atoms with E-state index in [2.05, 4.69) is 40.4 Å². The lowest BCUT2D eigenvalue weighted by molar-refractivity contribution is 0.520. The van der Waals surface area contributed by atoms with Crippen molar-refractivity contribution >= 4 is 26.7 Å². The van der Waals surface area contributed by atoms with Crippen LogP contribution in [0.5, 0.6) is 0 Å². The largest absolute Gasteiger partial charge is 0.353 e. The summed E-state index contributed by atoms with van der Waals surface area (Å²) in [5, 5.41) is 0. The van der Waals surface area contributed by atoms with Crippen LogP contribution in [0.3, 0.4) is 0 Å². The molecular formula is C20H24N4O2S. The number of imidazole rings is 1. The summed E-state index contributed by atoms with van der Waals surface area (Å²) in [4.78, 5) is 7.17. The van der Waals surface area contributed by atoms with Gasteiger partial charge in [-0.3, -0.25) is 0 Å². The molecule has 0 saturated carbocycles. The average Bonchev–Trinajstić information content (AvgIpc) is 3.20. The second kappa shape index (κ2) is 6.35. The summed E-state index contributed by atoms with van der Waals surface area (Å²) in [6.45, 7) is 5.78. The van der Waals surface area contributed by atoms with Gasteiger partial charge in [-0.25, -0.2) is 17.7 Å². The Balaban J connectivity index is 1.65. The number of hydrogen-bond donors (Lipinski definition) is 0. The molecule has 1 aliphatic heterocycles. The Morgan fingerprint density at radius 3 is 2.59 bits per heavy atom. The first-order chi connectivity index (χ1) is 12.8. The van der Waals surface area contributed by atoms with Crippen LogP contribution < -0.4 is 4.90 Å². The summed E-state index contributed by atoms with van der Waals surface area (Å²) >= 11 is 0. The fourth-order valence-corrected chi connectivity index (χ4v) is 4.53. The summed E-state index contributed by atoms with van der Waals surface area (Å²) < 4.78 is 28.2. The second-order valence-electron chi connectivity index (χ2n) is 7.37. The van der Waals surface area contributed by atoms with Crippen LogP contribution in [0.15, 0.2) is 41.6 Å². The molecule has 2 heterocycles. The van der Waals surface area contributed by atoms with Crippen LogP contribution >= 0.6 is 0 Å². The van der Waals surface area contributed by atoms with E-state index in [1.165, 1.54) is 15.4 Å². The van der Waals surface area contributed by atoms with Gasteiger partial charge in [-0.1, -0.05) is 0 Å². The van der Waals surface area contributed by atoms with Crippen LogP contribution in [0.25, 0.3) is 11.0 Å². The van der Waals surface area contributed by atoms with Gasteiger partial charge >= 0.3 is 0 Å². The number of aromatic nitrogens is 2. The van der Waals surface area contributed by atoms with Gasteiger partial charge in [0.1, 0.15) is 0 Å². The molecule has 4 rings (SSSR count). The van der Waals surface area contributed by atoms with Gasteiger partial charge in [-0.05, 0) is 67.3 Å². The van der Waals surface area contributed by atoms with Gasteiger partial charge in [0.05, 0.1) is 28.9 Å². The molecule has 3 aromatic rings. The zero-order valence-corrected chi connectivity index (χ0v) is 16.9. The van der Waals surface area contributed by atoms with Gasteiger partial charge in [0.2, 0.25) is 10.0 Å². The molecule has 0 atom stereocenters. The molecule has 0 amide bonds. The van der Waals surface area contributed by atoms with Crippen LogP contribution in [0.2, 0.25) is 0 Å². The van der Waals surface area contributed by atoms with E-state index in [-0.39, 0.29) is 0 Å². The maximum Gasteiger partial charge on any atom is 0.242 e. The quantitative estimate of drug-likeness (QED) is 0.694. The van der Waals surface area contributed by atoms with Crippen LogP contribution in [0, 0.1) is 13.8 Å². The molecule has 0 saturated heterocycles. The molecule has 0 N–H and O–H groups in total. The predicted octanol–water partition coefficient (Wildman–Crippen LogP) is 2.92. The number of hydrogen-bond acceptors (Lipinski definition) is 4. The highest BCUT2D eigenvalue weighted by atomic mass is 32.2. The molecular weight excluding hydrogens is 360 g/mol. The van der Waals surface area contributed by atoms with Crippen molar-refractivity contribution in [2.24, 2.45) is 0 Å². The maximum absolute atomic E-state index is 12.4. The van der Waals surface area contributed by atoms with Crippen molar-refractivity contribution in [3.8, 4) is 0 Å². The van der Waals surface area contributed by atoms with Gasteiger partial charge < -0.3 is 9.47 Å². The standard InChI is InChI=1S/C20H24N4O2S/c1-14-9-18-20(10-15(14)2)24(12-21-18)13-23-8-7-16-11-17(5-6-19(16)23)27(25,26)22(3)4/h5-6,9-12H,7-8,13H2,1-4H3. The van der Waals surface area contributed by atoms with Gasteiger partial charge in [-0.15, -0.1) is 0 Å². The van der Waals surface area contributed by atoms with Crippen LogP contribution in [-0.2, 0) is 23.1 Å². The summed E-state index contributed by atoms with van der Waals surface area (Å²) in [5.74, 6) is 0. The van der Waals surface area contributed by atoms with E-state index in [0.29, 0.717) is 11.6 Å². The number of fused-ring (bicyclic) bond motifs is 2. The Morgan fingerprint density at radius 1 is 1.11 bits per heavy atom. The van der Waals surface area contributed by atoms with E-state index < -0.39 is 10.0 Å². The third-order valence-corrected chi connectivity index (χ3v) is 7.19. The van der Waals surface area contributed by atoms with Gasteiger partial charge in [0.15, 0.2) is 0 Å². The summed E-state index contributed by atoms with van der Waals surface area (Å²) in [5.41, 5.74) is 6.80. The molecule has 7 heteroatoms. The minimum Gasteiger partial charge on any atom is -0.353 e. The molecule has 0 aliphatic carbocycles. The number of benzene rings is 2. The first-order valence-corrected chi connectivity index (χ1v) is 10.4. The molecule has 27 heavy (non-hydrogen) atoms. The van der Waals surface area contributed by atoms with Crippen molar-refractivity contribution in [2.45, 2.75) is 31.8 Å². The summed E-state index contributed by atoms with van der Waals surface area (Å²) in [6, 6.07) is 9.74. The Bertz CT molecular complexity index is 1130. The Kier molecular flexibility index (Phi) is 4.24. The molecule has 0 bridgehead atoms. The third kappa shape index (κ3) is 3.00. The molecule has 1 aliphatic rings. The summed E-state index contributed by atoms with van der Waals surface area (Å²) in [6.07, 6.45) is 2.73. The fraction of sp³-hybridized carbons (Fsp3) is 0.350. The van der Waals surface area contributed by atoms with E-state index in [9.17, 15) is 8.42 Å². The molecule has 6 nitrogen and oxygen atoms in total. The van der Waals surface area contributed by atoms with E-state index in [0.717, 1.165) is 35.2 Å². The first kappa shape index (κ1) is 18.0. The average molecular weight is 385 g/mol. The van der Waals surface area contributed by atoms with E-state index in [1.807, 2.05) is 18.5 Å². The van der Waals surface area contributed by atoms with Crippen molar-refractivity contribution in [3.05, 3.63) is 53.3 Å². The van der Waals surface area contributed by atoms with Gasteiger partial charge in [0, 0.05) is 26.3 Å². The monoisotopic (exact) mass is 384 g/mol. The minimum absolute atomic E-state index is 0.354. The Labute approximate surface area is 160 Å². The topological polar surface area (TPSA) is 58.4 Å². The second-order valence-corrected chi connectivity index (χ2v) is 9.52. The highest BCUT2D eigenvalue weighted by Gasteiger charge is 2.24. The first-order valence-electron chi connectivity index (χ1n) is 9.00. The zero-order chi connectivity index (χ0) is 19.3. The lowest BCUT2D eigenvalue weighted by atomic mass is 10.1. The van der Waals surface area contributed by atoms with Crippen molar-refractivity contribution < 1.29 is 8.42 Å². The van der Waals surface area contributed by atoms with Crippen molar-refractivity contribution in [2.75, 3.05) is 25.5 Å². The summed E-state index contributed by atoms with van der Waals surface area (Å²) in [7, 11) is -0.287. The minimum atomic E-state index is -3.40. The predicted molar refractivity (Wildman–Crippen MR) is 108 cm³/mol. The number of anilines is 1. The molecule has 0 fully saturated rings. The fourth-order valence-electron chi connectivity index (χ4n) is 3.57. The smallest absolute Gasteiger partial charge is 0.242 e. The van der Waals surface area contributed by atoms with Crippen LogP contribution in [0.4, 0.5) is 5.69 Å². The Hall–Kier alpha value is -2.38. The molecule has 0 radical (unpaired) electrons. The normalized spacial score (nSPS) is 14.3. The zero-order valence-electron chi connectivity index (χ0n) is 16.1. The SMILES string of the molecule is Cc1cc2ncn(CN3CCc4cc(S(=O)(=O)N(C)C)ccc43)c2cc1C. The van der Waals surface area contributed by atoms with E-state index >= 15 is 0 Å². The van der Waals surface area contributed by atoms with Gasteiger partial charge in [-0.2, -0.15) is 0 Å². The van der Waals surface area contributed by atoms with Crippen molar-refractivity contribution in [1.82, 2.24) is 13.9 Å². The molecule has 142 valence electrons. The number of rotatable bonds is 4. The Morgan fingerprint density at radius 2 is 1.85 bits per heavy atom. The number of aryl methyl sites for hydroxylation is 2. The highest BCUT2D eigenvalue weighted by molar-refractivity contribution is 7.89. The molecule has 1 aromatic heterocycles. The lowest BCUT2D eigenvalue weighted by Crippen LogP contribution is -2.24. The van der Waals surface area contributed by atoms with Gasteiger partial charge in [0.25, 0.3) is 0 Å². The van der Waals surface area contributed by atoms with Crippen molar-refractivity contribution in [3.63, 3.8) is 0 Å². The highest BCUT2D eigenvalue weighted by Crippen LogP contribution is 2.31. The van der Waals surface area contributed by atoms with Crippen molar-refractivity contribution in [1.29, 1.82) is 0 Å².